The molecule has 0 aliphatic heterocycles. The SMILES string of the molecule is Cc1ccccc1C(=O)CN(C)C(C)CO. The lowest BCUT2D eigenvalue weighted by atomic mass is 10.0. The Morgan fingerprint density at radius 1 is 1.44 bits per heavy atom. The van der Waals surface area contributed by atoms with Gasteiger partial charge in [-0.15, -0.1) is 0 Å². The summed E-state index contributed by atoms with van der Waals surface area (Å²) in [6, 6.07) is 7.58. The Labute approximate surface area is 96.7 Å². The van der Waals surface area contributed by atoms with Gasteiger partial charge in [0.25, 0.3) is 0 Å². The minimum absolute atomic E-state index is 0.00738. The van der Waals surface area contributed by atoms with Crippen LogP contribution in [0.2, 0.25) is 0 Å². The second-order valence-corrected chi connectivity index (χ2v) is 4.18. The van der Waals surface area contributed by atoms with E-state index >= 15 is 0 Å². The summed E-state index contributed by atoms with van der Waals surface area (Å²) in [5.74, 6) is 0.0981. The predicted octanol–water partition coefficient (Wildman–Crippen LogP) is 1.49. The molecule has 88 valence electrons. The Morgan fingerprint density at radius 2 is 2.06 bits per heavy atom. The normalized spacial score (nSPS) is 12.8. The van der Waals surface area contributed by atoms with Crippen molar-refractivity contribution in [2.45, 2.75) is 19.9 Å². The van der Waals surface area contributed by atoms with E-state index in [-0.39, 0.29) is 18.4 Å². The van der Waals surface area contributed by atoms with Crippen molar-refractivity contribution in [2.24, 2.45) is 0 Å². The minimum atomic E-state index is 0.00738. The van der Waals surface area contributed by atoms with Gasteiger partial charge >= 0.3 is 0 Å². The summed E-state index contributed by atoms with van der Waals surface area (Å²) >= 11 is 0. The third kappa shape index (κ3) is 3.15. The molecule has 1 atom stereocenters. The molecule has 0 saturated carbocycles. The van der Waals surface area contributed by atoms with Gasteiger partial charge in [0.2, 0.25) is 0 Å². The van der Waals surface area contributed by atoms with Crippen molar-refractivity contribution in [3.05, 3.63) is 35.4 Å². The van der Waals surface area contributed by atoms with Crippen molar-refractivity contribution in [1.29, 1.82) is 0 Å². The van der Waals surface area contributed by atoms with Crippen molar-refractivity contribution in [3.63, 3.8) is 0 Å². The molecule has 0 amide bonds. The second kappa shape index (κ2) is 5.77. The van der Waals surface area contributed by atoms with Gasteiger partial charge in [0.15, 0.2) is 5.78 Å². The summed E-state index contributed by atoms with van der Waals surface area (Å²) < 4.78 is 0. The number of aliphatic hydroxyl groups is 1. The lowest BCUT2D eigenvalue weighted by Gasteiger charge is -2.22. The fourth-order valence-corrected chi connectivity index (χ4v) is 1.49. The van der Waals surface area contributed by atoms with E-state index in [1.807, 2.05) is 50.1 Å². The van der Waals surface area contributed by atoms with Crippen LogP contribution in [0.5, 0.6) is 0 Å². The molecule has 3 nitrogen and oxygen atoms in total. The van der Waals surface area contributed by atoms with Gasteiger partial charge in [0.1, 0.15) is 0 Å². The number of Topliss-reactive ketones (excluding diaryl/α,β-unsaturated/α-hetero) is 1. The maximum atomic E-state index is 12.0. The third-order valence-corrected chi connectivity index (χ3v) is 2.86. The molecule has 0 saturated heterocycles. The van der Waals surface area contributed by atoms with Crippen LogP contribution in [0.3, 0.4) is 0 Å². The van der Waals surface area contributed by atoms with Crippen LogP contribution in [-0.4, -0.2) is 42.0 Å². The lowest BCUT2D eigenvalue weighted by Crippen LogP contribution is -2.36. The number of carbonyl (C=O) groups excluding carboxylic acids is 1. The topological polar surface area (TPSA) is 40.5 Å². The summed E-state index contributed by atoms with van der Waals surface area (Å²) in [5, 5.41) is 8.99. The number of nitrogens with zero attached hydrogens (tertiary/aromatic N) is 1. The number of benzene rings is 1. The van der Waals surface area contributed by atoms with Crippen LogP contribution in [0.15, 0.2) is 24.3 Å². The van der Waals surface area contributed by atoms with Gasteiger partial charge in [0.05, 0.1) is 13.2 Å². The Bertz CT molecular complexity index is 363. The van der Waals surface area contributed by atoms with Gasteiger partial charge in [-0.25, -0.2) is 0 Å². The summed E-state index contributed by atoms with van der Waals surface area (Å²) in [6.07, 6.45) is 0. The smallest absolute Gasteiger partial charge is 0.177 e. The largest absolute Gasteiger partial charge is 0.395 e. The molecule has 16 heavy (non-hydrogen) atoms. The van der Waals surface area contributed by atoms with E-state index < -0.39 is 0 Å². The van der Waals surface area contributed by atoms with Crippen molar-refractivity contribution in [2.75, 3.05) is 20.2 Å². The van der Waals surface area contributed by atoms with E-state index in [1.165, 1.54) is 0 Å². The molecule has 0 aliphatic rings. The predicted molar refractivity (Wildman–Crippen MR) is 64.7 cm³/mol. The first-order valence-corrected chi connectivity index (χ1v) is 5.46. The highest BCUT2D eigenvalue weighted by molar-refractivity contribution is 5.98. The number of hydrogen-bond acceptors (Lipinski definition) is 3. The molecule has 1 N–H and O–H groups in total. The Kier molecular flexibility index (Phi) is 4.65. The molecule has 0 fully saturated rings. The molecule has 1 unspecified atom stereocenters. The second-order valence-electron chi connectivity index (χ2n) is 4.18. The van der Waals surface area contributed by atoms with Gasteiger partial charge in [-0.1, -0.05) is 24.3 Å². The highest BCUT2D eigenvalue weighted by Gasteiger charge is 2.14. The number of rotatable bonds is 5. The van der Waals surface area contributed by atoms with E-state index in [2.05, 4.69) is 0 Å². The van der Waals surface area contributed by atoms with E-state index in [0.717, 1.165) is 11.1 Å². The fourth-order valence-electron chi connectivity index (χ4n) is 1.49. The number of likely N-dealkylation sites (N-methyl/N-ethyl adjacent to an activating group) is 1. The average molecular weight is 221 g/mol. The van der Waals surface area contributed by atoms with Gasteiger partial charge in [-0.2, -0.15) is 0 Å². The summed E-state index contributed by atoms with van der Waals surface area (Å²) in [5.41, 5.74) is 1.76. The molecule has 1 aromatic carbocycles. The van der Waals surface area contributed by atoms with Crippen LogP contribution in [0.1, 0.15) is 22.8 Å². The number of aryl methyl sites for hydroxylation is 1. The van der Waals surface area contributed by atoms with Crippen molar-refractivity contribution in [3.8, 4) is 0 Å². The standard InChI is InChI=1S/C13H19NO2/c1-10-6-4-5-7-12(10)13(16)8-14(3)11(2)9-15/h4-7,11,15H,8-9H2,1-3H3. The first-order chi connectivity index (χ1) is 7.56. The number of carbonyl (C=O) groups is 1. The average Bonchev–Trinajstić information content (AvgIpc) is 2.28. The molecular weight excluding hydrogens is 202 g/mol. The fraction of sp³-hybridized carbons (Fsp3) is 0.462. The van der Waals surface area contributed by atoms with Crippen LogP contribution in [0.4, 0.5) is 0 Å². The van der Waals surface area contributed by atoms with Gasteiger partial charge in [0, 0.05) is 11.6 Å². The molecule has 0 aromatic heterocycles. The zero-order valence-electron chi connectivity index (χ0n) is 10.1. The molecule has 0 spiro atoms. The number of aliphatic hydroxyl groups excluding tert-OH is 1. The summed E-state index contributed by atoms with van der Waals surface area (Å²) in [4.78, 5) is 13.8. The quantitative estimate of drug-likeness (QED) is 0.766. The Hall–Kier alpha value is -1.19. The highest BCUT2D eigenvalue weighted by atomic mass is 16.3. The third-order valence-electron chi connectivity index (χ3n) is 2.86. The van der Waals surface area contributed by atoms with Gasteiger partial charge in [-0.05, 0) is 26.5 Å². The summed E-state index contributed by atoms with van der Waals surface area (Å²) in [6.45, 7) is 4.23. The van der Waals surface area contributed by atoms with Crippen molar-refractivity contribution in [1.82, 2.24) is 4.90 Å². The van der Waals surface area contributed by atoms with Gasteiger partial charge in [-0.3, -0.25) is 9.69 Å². The maximum Gasteiger partial charge on any atom is 0.177 e. The Morgan fingerprint density at radius 3 is 2.62 bits per heavy atom. The molecule has 0 radical (unpaired) electrons. The molecule has 3 heteroatoms. The lowest BCUT2D eigenvalue weighted by molar-refractivity contribution is 0.0890. The van der Waals surface area contributed by atoms with Crippen molar-refractivity contribution >= 4 is 5.78 Å². The molecule has 1 aromatic rings. The highest BCUT2D eigenvalue weighted by Crippen LogP contribution is 2.09. The minimum Gasteiger partial charge on any atom is -0.395 e. The van der Waals surface area contributed by atoms with Crippen LogP contribution in [0.25, 0.3) is 0 Å². The van der Waals surface area contributed by atoms with Crippen LogP contribution in [0, 0.1) is 6.92 Å². The maximum absolute atomic E-state index is 12.0. The van der Waals surface area contributed by atoms with Crippen LogP contribution >= 0.6 is 0 Å². The van der Waals surface area contributed by atoms with Gasteiger partial charge < -0.3 is 5.11 Å². The zero-order valence-corrected chi connectivity index (χ0v) is 10.1. The molecular formula is C13H19NO2. The monoisotopic (exact) mass is 221 g/mol. The van der Waals surface area contributed by atoms with E-state index in [1.54, 1.807) is 0 Å². The van der Waals surface area contributed by atoms with Crippen LogP contribution in [-0.2, 0) is 0 Å². The molecule has 0 bridgehead atoms. The summed E-state index contributed by atoms with van der Waals surface area (Å²) in [7, 11) is 1.84. The molecule has 0 heterocycles. The number of ketones is 1. The first-order valence-electron chi connectivity index (χ1n) is 5.46. The van der Waals surface area contributed by atoms with E-state index in [4.69, 9.17) is 5.11 Å². The first kappa shape index (κ1) is 12.9. The van der Waals surface area contributed by atoms with Crippen LogP contribution < -0.4 is 0 Å². The zero-order chi connectivity index (χ0) is 12.1. The number of hydrogen-bond donors (Lipinski definition) is 1. The molecule has 1 rings (SSSR count). The van der Waals surface area contributed by atoms with E-state index in [0.29, 0.717) is 6.54 Å². The Balaban J connectivity index is 2.70. The molecule has 0 aliphatic carbocycles. The van der Waals surface area contributed by atoms with Crippen molar-refractivity contribution < 1.29 is 9.90 Å². The van der Waals surface area contributed by atoms with E-state index in [9.17, 15) is 4.79 Å².